The monoisotopic (exact) mass is 664 g/mol. The first kappa shape index (κ1) is 31.9. The number of anilines is 2. The predicted octanol–water partition coefficient (Wildman–Crippen LogP) is 2.58. The topological polar surface area (TPSA) is 187 Å². The molecule has 0 saturated carbocycles. The van der Waals surface area contributed by atoms with Crippen molar-refractivity contribution < 1.29 is 32.3 Å². The molecule has 2 amide bonds. The molecule has 2 aromatic heterocycles. The minimum Gasteiger partial charge on any atom is -0.478 e. The molecule has 16 heteroatoms. The molecule has 0 atom stereocenters. The van der Waals surface area contributed by atoms with Crippen molar-refractivity contribution in [2.45, 2.75) is 30.8 Å². The molecule has 47 heavy (non-hydrogen) atoms. The summed E-state index contributed by atoms with van der Waals surface area (Å²) >= 11 is 0. The van der Waals surface area contributed by atoms with Crippen LogP contribution in [0.2, 0.25) is 0 Å². The molecule has 2 aliphatic heterocycles. The van der Waals surface area contributed by atoms with Gasteiger partial charge in [0.1, 0.15) is 5.82 Å². The Kier molecular flexibility index (Phi) is 7.89. The maximum absolute atomic E-state index is 13.9. The fraction of sp³-hybridized carbons (Fsp3) is 0.290. The molecule has 4 aromatic rings. The van der Waals surface area contributed by atoms with Crippen molar-refractivity contribution >= 4 is 39.3 Å². The number of aromatic nitrogens is 3. The number of halogens is 1. The standard InChI is InChI=1S/C31H33FN8O6S/c1-31(2)26-23(17-40(31)47(45,46)20-6-4-5-19(32)13-20)28(36-35-26)34-29(42)22-15-25(39-8-7-18(16-39)30(43)44)24(14-21(22)27(33)41)38-11-9-37(3)10-12-38/h4-8,13-16H,9-12,17H2,1-3H3,(H2,33,41)(H,43,44)(H2,34,35,36,42). The molecule has 2 aromatic carbocycles. The van der Waals surface area contributed by atoms with Gasteiger partial charge in [0.15, 0.2) is 5.82 Å². The third-order valence-electron chi connectivity index (χ3n) is 8.71. The number of likely N-dealkylation sites (N-methyl/N-ethyl adjacent to an activating group) is 1. The van der Waals surface area contributed by atoms with Gasteiger partial charge in [-0.15, -0.1) is 0 Å². The van der Waals surface area contributed by atoms with Crippen LogP contribution in [0, 0.1) is 5.82 Å². The lowest BCUT2D eigenvalue weighted by atomic mass is 10.0. The number of carboxylic acid groups (broad SMARTS) is 1. The number of fused-ring (bicyclic) bond motifs is 1. The van der Waals surface area contributed by atoms with Gasteiger partial charge in [0.25, 0.3) is 5.91 Å². The molecule has 6 rings (SSSR count). The fourth-order valence-corrected chi connectivity index (χ4v) is 7.82. The zero-order valence-corrected chi connectivity index (χ0v) is 26.6. The van der Waals surface area contributed by atoms with E-state index in [9.17, 15) is 32.3 Å². The number of nitrogens with one attached hydrogen (secondary N) is 2. The first-order valence-corrected chi connectivity index (χ1v) is 16.1. The van der Waals surface area contributed by atoms with Crippen molar-refractivity contribution in [3.05, 3.63) is 88.6 Å². The van der Waals surface area contributed by atoms with Gasteiger partial charge in [-0.05, 0) is 57.3 Å². The highest BCUT2D eigenvalue weighted by Gasteiger charge is 2.48. The maximum atomic E-state index is 13.9. The van der Waals surface area contributed by atoms with E-state index < -0.39 is 39.2 Å². The number of hydrogen-bond donors (Lipinski definition) is 4. The number of benzene rings is 2. The molecule has 0 radical (unpaired) electrons. The van der Waals surface area contributed by atoms with Gasteiger partial charge < -0.3 is 30.5 Å². The highest BCUT2D eigenvalue weighted by molar-refractivity contribution is 7.89. The normalized spacial score (nSPS) is 16.6. The molecule has 4 heterocycles. The van der Waals surface area contributed by atoms with E-state index in [2.05, 4.69) is 20.4 Å². The van der Waals surface area contributed by atoms with Crippen molar-refractivity contribution in [3.8, 4) is 5.69 Å². The lowest BCUT2D eigenvalue weighted by Gasteiger charge is -2.35. The van der Waals surface area contributed by atoms with Crippen LogP contribution in [-0.4, -0.2) is 88.5 Å². The van der Waals surface area contributed by atoms with E-state index in [1.54, 1.807) is 24.6 Å². The summed E-state index contributed by atoms with van der Waals surface area (Å²) in [4.78, 5) is 42.3. The SMILES string of the molecule is CN1CCN(c2cc(C(N)=O)c(C(=O)Nc3n[nH]c4c3CN(S(=O)(=O)c3cccc(F)c3)C4(C)C)cc2-n2ccc(C(=O)O)c2)CC1. The minimum absolute atomic E-state index is 0.0340. The number of hydrogen-bond acceptors (Lipinski definition) is 8. The van der Waals surface area contributed by atoms with E-state index in [0.717, 1.165) is 25.2 Å². The quantitative estimate of drug-likeness (QED) is 0.220. The van der Waals surface area contributed by atoms with Crippen molar-refractivity contribution in [3.63, 3.8) is 0 Å². The number of aromatic carboxylic acids is 1. The number of amides is 2. The molecule has 246 valence electrons. The summed E-state index contributed by atoms with van der Waals surface area (Å²) in [7, 11) is -2.17. The smallest absolute Gasteiger partial charge is 0.337 e. The second-order valence-corrected chi connectivity index (χ2v) is 13.9. The molecule has 5 N–H and O–H groups in total. The average molecular weight is 665 g/mol. The number of piperazine rings is 1. The van der Waals surface area contributed by atoms with Crippen LogP contribution >= 0.6 is 0 Å². The highest BCUT2D eigenvalue weighted by atomic mass is 32.2. The fourth-order valence-electron chi connectivity index (χ4n) is 6.06. The van der Waals surface area contributed by atoms with Crippen LogP contribution in [-0.2, 0) is 22.1 Å². The molecular weight excluding hydrogens is 631 g/mol. The van der Waals surface area contributed by atoms with E-state index >= 15 is 0 Å². The van der Waals surface area contributed by atoms with Gasteiger partial charge in [-0.2, -0.15) is 9.40 Å². The Morgan fingerprint density at radius 3 is 2.38 bits per heavy atom. The van der Waals surface area contributed by atoms with Crippen LogP contribution in [0.15, 0.2) is 59.8 Å². The van der Waals surface area contributed by atoms with E-state index in [4.69, 9.17) is 5.73 Å². The third-order valence-corrected chi connectivity index (χ3v) is 10.7. The first-order chi connectivity index (χ1) is 22.2. The van der Waals surface area contributed by atoms with Gasteiger partial charge in [0, 0.05) is 50.7 Å². The number of aromatic amines is 1. The number of carboxylic acids is 1. The Hall–Kier alpha value is -5.06. The second kappa shape index (κ2) is 11.6. The molecule has 0 aliphatic carbocycles. The second-order valence-electron chi connectivity index (χ2n) is 12.1. The Morgan fingerprint density at radius 1 is 1.04 bits per heavy atom. The van der Waals surface area contributed by atoms with Gasteiger partial charge in [0.05, 0.1) is 44.2 Å². The Labute approximate surface area is 269 Å². The van der Waals surface area contributed by atoms with Gasteiger partial charge in [-0.25, -0.2) is 17.6 Å². The van der Waals surface area contributed by atoms with Crippen molar-refractivity contribution in [1.82, 2.24) is 24.0 Å². The zero-order chi connectivity index (χ0) is 33.8. The zero-order valence-electron chi connectivity index (χ0n) is 25.8. The predicted molar refractivity (Wildman–Crippen MR) is 170 cm³/mol. The van der Waals surface area contributed by atoms with Crippen LogP contribution in [0.3, 0.4) is 0 Å². The van der Waals surface area contributed by atoms with Crippen LogP contribution < -0.4 is 16.0 Å². The number of carbonyl (C=O) groups is 3. The van der Waals surface area contributed by atoms with Gasteiger partial charge in [-0.1, -0.05) is 6.07 Å². The van der Waals surface area contributed by atoms with E-state index in [0.29, 0.717) is 35.7 Å². The van der Waals surface area contributed by atoms with E-state index in [1.165, 1.54) is 40.8 Å². The molecule has 0 bridgehead atoms. The average Bonchev–Trinajstić information content (AvgIpc) is 3.73. The third kappa shape index (κ3) is 5.64. The van der Waals surface area contributed by atoms with Crippen LogP contribution in [0.4, 0.5) is 15.9 Å². The molecule has 0 unspecified atom stereocenters. The van der Waals surface area contributed by atoms with Gasteiger partial charge >= 0.3 is 5.97 Å². The molecule has 2 aliphatic rings. The van der Waals surface area contributed by atoms with Crippen molar-refractivity contribution in [2.75, 3.05) is 43.4 Å². The molecule has 0 spiro atoms. The number of sulfonamides is 1. The first-order valence-electron chi connectivity index (χ1n) is 14.7. The van der Waals surface area contributed by atoms with Gasteiger partial charge in [-0.3, -0.25) is 14.7 Å². The number of nitrogens with two attached hydrogens (primary N) is 1. The molecule has 1 saturated heterocycles. The molecule has 1 fully saturated rings. The number of carbonyl (C=O) groups excluding carboxylic acids is 2. The Morgan fingerprint density at radius 2 is 1.74 bits per heavy atom. The number of rotatable bonds is 8. The Balaban J connectivity index is 1.38. The van der Waals surface area contributed by atoms with E-state index in [1.807, 2.05) is 11.9 Å². The molecular formula is C31H33FN8O6S. The van der Waals surface area contributed by atoms with Crippen LogP contribution in [0.25, 0.3) is 5.69 Å². The highest BCUT2D eigenvalue weighted by Crippen LogP contribution is 2.44. The van der Waals surface area contributed by atoms with Crippen molar-refractivity contribution in [1.29, 1.82) is 0 Å². The summed E-state index contributed by atoms with van der Waals surface area (Å²) in [6, 6.07) is 9.15. The summed E-state index contributed by atoms with van der Waals surface area (Å²) in [6.45, 7) is 5.87. The van der Waals surface area contributed by atoms with Crippen LogP contribution in [0.1, 0.15) is 56.2 Å². The largest absolute Gasteiger partial charge is 0.478 e. The lowest BCUT2D eigenvalue weighted by Crippen LogP contribution is -2.45. The summed E-state index contributed by atoms with van der Waals surface area (Å²) in [5.41, 5.74) is 6.41. The summed E-state index contributed by atoms with van der Waals surface area (Å²) in [5, 5.41) is 19.3. The number of H-pyrrole nitrogens is 1. The van der Waals surface area contributed by atoms with Crippen molar-refractivity contribution in [2.24, 2.45) is 5.73 Å². The lowest BCUT2D eigenvalue weighted by molar-refractivity contribution is 0.0696. The van der Waals surface area contributed by atoms with Crippen LogP contribution in [0.5, 0.6) is 0 Å². The minimum atomic E-state index is -4.16. The Bertz CT molecular complexity index is 2030. The van der Waals surface area contributed by atoms with E-state index in [-0.39, 0.29) is 33.9 Å². The molecule has 14 nitrogen and oxygen atoms in total. The summed E-state index contributed by atoms with van der Waals surface area (Å²) in [6.07, 6.45) is 2.97. The number of nitrogens with zero attached hydrogens (tertiary/aromatic N) is 5. The summed E-state index contributed by atoms with van der Waals surface area (Å²) < 4.78 is 43.9. The maximum Gasteiger partial charge on any atom is 0.337 e. The summed E-state index contributed by atoms with van der Waals surface area (Å²) in [5.74, 6) is -3.37. The number of primary amides is 1. The van der Waals surface area contributed by atoms with Gasteiger partial charge in [0.2, 0.25) is 15.9 Å².